The Labute approximate surface area is 132 Å². The van der Waals surface area contributed by atoms with E-state index < -0.39 is 0 Å². The summed E-state index contributed by atoms with van der Waals surface area (Å²) in [5, 5.41) is 3.65. The van der Waals surface area contributed by atoms with Crippen LogP contribution in [0.15, 0.2) is 36.4 Å². The highest BCUT2D eigenvalue weighted by Crippen LogP contribution is 2.30. The van der Waals surface area contributed by atoms with Gasteiger partial charge in [0.25, 0.3) is 0 Å². The lowest BCUT2D eigenvalue weighted by atomic mass is 10.0. The Kier molecular flexibility index (Phi) is 5.83. The van der Waals surface area contributed by atoms with E-state index in [1.807, 2.05) is 17.4 Å². The van der Waals surface area contributed by atoms with E-state index in [4.69, 9.17) is 4.74 Å². The number of aryl methyl sites for hydroxylation is 1. The number of thiophene rings is 1. The molecule has 1 heterocycles. The molecule has 0 amide bonds. The summed E-state index contributed by atoms with van der Waals surface area (Å²) in [6.07, 6.45) is 1.33. The van der Waals surface area contributed by atoms with Crippen molar-refractivity contribution in [2.45, 2.75) is 46.3 Å². The van der Waals surface area contributed by atoms with Crippen LogP contribution < -0.4 is 10.1 Å². The molecule has 0 saturated heterocycles. The maximum atomic E-state index is 5.83. The monoisotopic (exact) mass is 303 g/mol. The minimum Gasteiger partial charge on any atom is -0.491 e. The van der Waals surface area contributed by atoms with Crippen molar-refractivity contribution < 1.29 is 4.74 Å². The summed E-state index contributed by atoms with van der Waals surface area (Å²) in [4.78, 5) is 2.71. The molecule has 1 unspecified atom stereocenters. The summed E-state index contributed by atoms with van der Waals surface area (Å²) in [6.45, 7) is 9.48. The third kappa shape index (κ3) is 4.58. The van der Waals surface area contributed by atoms with Gasteiger partial charge in [-0.1, -0.05) is 19.1 Å². The first-order chi connectivity index (χ1) is 10.1. The lowest BCUT2D eigenvalue weighted by molar-refractivity contribution is 0.242. The number of rotatable bonds is 7. The number of hydrogen-bond acceptors (Lipinski definition) is 3. The topological polar surface area (TPSA) is 21.3 Å². The van der Waals surface area contributed by atoms with Gasteiger partial charge in [-0.25, -0.2) is 0 Å². The van der Waals surface area contributed by atoms with Gasteiger partial charge in [0.2, 0.25) is 0 Å². The van der Waals surface area contributed by atoms with Gasteiger partial charge in [-0.2, -0.15) is 0 Å². The maximum absolute atomic E-state index is 5.83. The van der Waals surface area contributed by atoms with Crippen LogP contribution in [0.3, 0.4) is 0 Å². The van der Waals surface area contributed by atoms with Gasteiger partial charge < -0.3 is 10.1 Å². The predicted octanol–water partition coefficient (Wildman–Crippen LogP) is 4.93. The second kappa shape index (κ2) is 7.62. The number of ether oxygens (including phenoxy) is 1. The molecule has 0 spiro atoms. The Morgan fingerprint density at radius 3 is 2.62 bits per heavy atom. The zero-order valence-electron chi connectivity index (χ0n) is 13.3. The summed E-state index contributed by atoms with van der Waals surface area (Å²) in [6, 6.07) is 13.1. The first kappa shape index (κ1) is 16.1. The van der Waals surface area contributed by atoms with Crippen LogP contribution >= 0.6 is 11.3 Å². The van der Waals surface area contributed by atoms with Gasteiger partial charge >= 0.3 is 0 Å². The molecule has 1 aromatic heterocycles. The standard InChI is InChI=1S/C18H25NOS/c1-5-11-19-18(17-10-9-14(4)21-17)15-7-6-8-16(12-15)20-13(2)3/h6-10,12-13,18-19H,5,11H2,1-4H3. The van der Waals surface area contributed by atoms with Crippen LogP contribution in [0, 0.1) is 6.92 Å². The average molecular weight is 303 g/mol. The fraction of sp³-hybridized carbons (Fsp3) is 0.444. The summed E-state index contributed by atoms with van der Waals surface area (Å²) in [5.41, 5.74) is 1.27. The molecule has 0 aliphatic rings. The highest BCUT2D eigenvalue weighted by molar-refractivity contribution is 7.12. The number of hydrogen-bond donors (Lipinski definition) is 1. The third-order valence-corrected chi connectivity index (χ3v) is 4.27. The van der Waals surface area contributed by atoms with Crippen LogP contribution in [-0.4, -0.2) is 12.6 Å². The predicted molar refractivity (Wildman–Crippen MR) is 91.4 cm³/mol. The molecule has 0 fully saturated rings. The Morgan fingerprint density at radius 1 is 1.19 bits per heavy atom. The van der Waals surface area contributed by atoms with E-state index in [9.17, 15) is 0 Å². The number of benzene rings is 1. The first-order valence-electron chi connectivity index (χ1n) is 7.66. The van der Waals surface area contributed by atoms with E-state index >= 15 is 0 Å². The van der Waals surface area contributed by atoms with Crippen LogP contribution in [0.4, 0.5) is 0 Å². The van der Waals surface area contributed by atoms with Crippen LogP contribution in [0.1, 0.15) is 48.6 Å². The molecule has 21 heavy (non-hydrogen) atoms. The third-order valence-electron chi connectivity index (χ3n) is 3.21. The van der Waals surface area contributed by atoms with Crippen molar-refractivity contribution in [1.82, 2.24) is 5.32 Å². The summed E-state index contributed by atoms with van der Waals surface area (Å²) in [7, 11) is 0. The molecular weight excluding hydrogens is 278 g/mol. The Morgan fingerprint density at radius 2 is 2.00 bits per heavy atom. The molecule has 0 aliphatic heterocycles. The molecule has 1 aromatic carbocycles. The summed E-state index contributed by atoms with van der Waals surface area (Å²) in [5.74, 6) is 0.944. The quantitative estimate of drug-likeness (QED) is 0.783. The SMILES string of the molecule is CCCNC(c1cccc(OC(C)C)c1)c1ccc(C)s1. The molecular formula is C18H25NOS. The molecule has 0 aliphatic carbocycles. The van der Waals surface area contributed by atoms with Gasteiger partial charge in [0, 0.05) is 9.75 Å². The molecule has 114 valence electrons. The fourth-order valence-electron chi connectivity index (χ4n) is 2.32. The normalized spacial score (nSPS) is 12.6. The van der Waals surface area contributed by atoms with Crippen molar-refractivity contribution in [3.63, 3.8) is 0 Å². The maximum Gasteiger partial charge on any atom is 0.120 e. The molecule has 1 N–H and O–H groups in total. The number of nitrogens with one attached hydrogen (secondary N) is 1. The molecule has 3 heteroatoms. The summed E-state index contributed by atoms with van der Waals surface area (Å²) < 4.78 is 5.83. The Hall–Kier alpha value is -1.32. The second-order valence-electron chi connectivity index (χ2n) is 5.57. The van der Waals surface area contributed by atoms with Crippen molar-refractivity contribution >= 4 is 11.3 Å². The van der Waals surface area contributed by atoms with Crippen LogP contribution in [0.5, 0.6) is 5.75 Å². The van der Waals surface area contributed by atoms with Gasteiger partial charge in [0.15, 0.2) is 0 Å². The largest absolute Gasteiger partial charge is 0.491 e. The lowest BCUT2D eigenvalue weighted by Gasteiger charge is -2.19. The molecule has 2 aromatic rings. The smallest absolute Gasteiger partial charge is 0.120 e. The van der Waals surface area contributed by atoms with Crippen molar-refractivity contribution in [2.24, 2.45) is 0 Å². The van der Waals surface area contributed by atoms with Gasteiger partial charge in [0.1, 0.15) is 5.75 Å². The molecule has 1 atom stereocenters. The zero-order valence-corrected chi connectivity index (χ0v) is 14.2. The van der Waals surface area contributed by atoms with Crippen molar-refractivity contribution in [3.8, 4) is 5.75 Å². The zero-order chi connectivity index (χ0) is 15.2. The fourth-order valence-corrected chi connectivity index (χ4v) is 3.30. The molecule has 0 radical (unpaired) electrons. The minimum atomic E-state index is 0.200. The van der Waals surface area contributed by atoms with E-state index in [-0.39, 0.29) is 12.1 Å². The van der Waals surface area contributed by atoms with Crippen molar-refractivity contribution in [3.05, 3.63) is 51.7 Å². The van der Waals surface area contributed by atoms with E-state index in [2.05, 4.69) is 63.3 Å². The molecule has 2 nitrogen and oxygen atoms in total. The van der Waals surface area contributed by atoms with Gasteiger partial charge in [-0.15, -0.1) is 11.3 Å². The Balaban J connectivity index is 2.27. The second-order valence-corrected chi connectivity index (χ2v) is 6.89. The summed E-state index contributed by atoms with van der Waals surface area (Å²) >= 11 is 1.86. The highest BCUT2D eigenvalue weighted by atomic mass is 32.1. The van der Waals surface area contributed by atoms with Crippen LogP contribution in [-0.2, 0) is 0 Å². The van der Waals surface area contributed by atoms with Crippen LogP contribution in [0.2, 0.25) is 0 Å². The average Bonchev–Trinajstić information content (AvgIpc) is 2.85. The van der Waals surface area contributed by atoms with Gasteiger partial charge in [0.05, 0.1) is 12.1 Å². The van der Waals surface area contributed by atoms with Crippen molar-refractivity contribution in [2.75, 3.05) is 6.54 Å². The Bertz CT molecular complexity index is 562. The van der Waals surface area contributed by atoms with E-state index in [1.54, 1.807) is 0 Å². The minimum absolute atomic E-state index is 0.200. The van der Waals surface area contributed by atoms with Crippen LogP contribution in [0.25, 0.3) is 0 Å². The molecule has 0 saturated carbocycles. The first-order valence-corrected chi connectivity index (χ1v) is 8.48. The molecule has 0 bridgehead atoms. The van der Waals surface area contributed by atoms with Gasteiger partial charge in [-0.3, -0.25) is 0 Å². The highest BCUT2D eigenvalue weighted by Gasteiger charge is 2.16. The van der Waals surface area contributed by atoms with Gasteiger partial charge in [-0.05, 0) is 63.6 Å². The van der Waals surface area contributed by atoms with Crippen molar-refractivity contribution in [1.29, 1.82) is 0 Å². The van der Waals surface area contributed by atoms with E-state index in [0.717, 1.165) is 18.7 Å². The molecule has 2 rings (SSSR count). The van der Waals surface area contributed by atoms with E-state index in [0.29, 0.717) is 0 Å². The lowest BCUT2D eigenvalue weighted by Crippen LogP contribution is -2.22. The van der Waals surface area contributed by atoms with E-state index in [1.165, 1.54) is 15.3 Å².